The van der Waals surface area contributed by atoms with Crippen LogP contribution in [0.3, 0.4) is 0 Å². The van der Waals surface area contributed by atoms with Gasteiger partial charge in [-0.2, -0.15) is 0 Å². The number of ether oxygens (including phenoxy) is 2. The van der Waals surface area contributed by atoms with Crippen LogP contribution in [0.4, 0.5) is 5.69 Å². The number of methoxy groups -OCH3 is 2. The molecular formula is C20H21N3O3S. The molecule has 27 heavy (non-hydrogen) atoms. The molecule has 140 valence electrons. The molecule has 1 heterocycles. The van der Waals surface area contributed by atoms with Crippen molar-refractivity contribution < 1.29 is 14.3 Å². The number of H-pyrrole nitrogens is 1. The fourth-order valence-corrected chi connectivity index (χ4v) is 3.06. The van der Waals surface area contributed by atoms with Gasteiger partial charge in [-0.05, 0) is 54.5 Å². The summed E-state index contributed by atoms with van der Waals surface area (Å²) in [6, 6.07) is 13.0. The maximum Gasteiger partial charge on any atom is 0.339 e. The lowest BCUT2D eigenvalue weighted by Gasteiger charge is -2.13. The summed E-state index contributed by atoms with van der Waals surface area (Å²) in [5.41, 5.74) is 3.29. The Kier molecular flexibility index (Phi) is 5.93. The van der Waals surface area contributed by atoms with Crippen molar-refractivity contribution in [2.45, 2.75) is 6.42 Å². The number of carbonyl (C=O) groups excluding carboxylic acids is 1. The second-order valence-electron chi connectivity index (χ2n) is 5.89. The number of anilines is 1. The van der Waals surface area contributed by atoms with Gasteiger partial charge in [0, 0.05) is 23.6 Å². The Morgan fingerprint density at radius 3 is 2.78 bits per heavy atom. The van der Waals surface area contributed by atoms with E-state index in [0.717, 1.165) is 23.1 Å². The average molecular weight is 383 g/mol. The molecule has 0 aliphatic carbocycles. The van der Waals surface area contributed by atoms with Gasteiger partial charge in [-0.25, -0.2) is 4.79 Å². The molecule has 2 aromatic carbocycles. The number of nitrogens with one attached hydrogen (secondary N) is 3. The lowest BCUT2D eigenvalue weighted by Crippen LogP contribution is -2.30. The maximum atomic E-state index is 11.8. The molecule has 0 amide bonds. The first-order chi connectivity index (χ1) is 13.1. The summed E-state index contributed by atoms with van der Waals surface area (Å²) in [5, 5.41) is 7.80. The van der Waals surface area contributed by atoms with Gasteiger partial charge in [0.2, 0.25) is 0 Å². The second kappa shape index (κ2) is 8.55. The van der Waals surface area contributed by atoms with Crippen LogP contribution in [0.5, 0.6) is 5.75 Å². The minimum Gasteiger partial charge on any atom is -0.497 e. The number of fused-ring (bicyclic) bond motifs is 1. The van der Waals surface area contributed by atoms with E-state index in [1.165, 1.54) is 12.7 Å². The highest BCUT2D eigenvalue weighted by atomic mass is 32.1. The second-order valence-corrected chi connectivity index (χ2v) is 6.30. The molecule has 0 fully saturated rings. The van der Waals surface area contributed by atoms with E-state index < -0.39 is 5.97 Å². The Balaban J connectivity index is 1.60. The molecule has 6 nitrogen and oxygen atoms in total. The van der Waals surface area contributed by atoms with Crippen LogP contribution in [-0.4, -0.2) is 36.8 Å². The fourth-order valence-electron chi connectivity index (χ4n) is 2.85. The van der Waals surface area contributed by atoms with Crippen molar-refractivity contribution in [1.29, 1.82) is 0 Å². The number of benzene rings is 2. The number of thiocarbonyl (C=S) groups is 1. The van der Waals surface area contributed by atoms with Crippen molar-refractivity contribution in [3.05, 3.63) is 59.8 Å². The van der Waals surface area contributed by atoms with Gasteiger partial charge in [0.25, 0.3) is 0 Å². The van der Waals surface area contributed by atoms with Crippen molar-refractivity contribution in [3.63, 3.8) is 0 Å². The number of carbonyl (C=O) groups is 1. The first-order valence-corrected chi connectivity index (χ1v) is 8.89. The van der Waals surface area contributed by atoms with Crippen LogP contribution < -0.4 is 15.4 Å². The van der Waals surface area contributed by atoms with Gasteiger partial charge < -0.3 is 25.1 Å². The van der Waals surface area contributed by atoms with Gasteiger partial charge in [-0.3, -0.25) is 0 Å². The number of para-hydroxylation sites is 1. The number of aromatic nitrogens is 1. The van der Waals surface area contributed by atoms with Gasteiger partial charge >= 0.3 is 5.97 Å². The van der Waals surface area contributed by atoms with Gasteiger partial charge in [-0.1, -0.05) is 12.1 Å². The molecule has 0 aliphatic heterocycles. The standard InChI is InChI=1S/C20H21N3O3S/c1-25-14-7-8-17-16(11-14)13(12-22-17)9-10-21-20(27)23-18-6-4-3-5-15(18)19(24)26-2/h3-8,11-12,22H,9-10H2,1-2H3,(H2,21,23,27). The monoisotopic (exact) mass is 383 g/mol. The first kappa shape index (κ1) is 18.7. The smallest absolute Gasteiger partial charge is 0.339 e. The summed E-state index contributed by atoms with van der Waals surface area (Å²) in [7, 11) is 3.01. The summed E-state index contributed by atoms with van der Waals surface area (Å²) in [5.74, 6) is 0.418. The summed E-state index contributed by atoms with van der Waals surface area (Å²) < 4.78 is 10.1. The van der Waals surface area contributed by atoms with E-state index in [-0.39, 0.29) is 0 Å². The summed E-state index contributed by atoms with van der Waals surface area (Å²) >= 11 is 5.35. The Hall–Kier alpha value is -3.06. The van der Waals surface area contributed by atoms with Gasteiger partial charge in [0.05, 0.1) is 25.5 Å². The molecule has 3 rings (SSSR count). The molecule has 0 unspecified atom stereocenters. The zero-order chi connectivity index (χ0) is 19.2. The normalized spacial score (nSPS) is 10.4. The van der Waals surface area contributed by atoms with Crippen LogP contribution in [0.2, 0.25) is 0 Å². The largest absolute Gasteiger partial charge is 0.497 e. The third-order valence-corrected chi connectivity index (χ3v) is 4.48. The highest BCUT2D eigenvalue weighted by Crippen LogP contribution is 2.23. The third-order valence-electron chi connectivity index (χ3n) is 4.24. The van der Waals surface area contributed by atoms with Crippen molar-refractivity contribution in [3.8, 4) is 5.75 Å². The van der Waals surface area contributed by atoms with E-state index in [0.29, 0.717) is 22.9 Å². The Bertz CT molecular complexity index is 968. The van der Waals surface area contributed by atoms with E-state index >= 15 is 0 Å². The summed E-state index contributed by atoms with van der Waals surface area (Å²) in [6.07, 6.45) is 2.78. The molecule has 0 saturated heterocycles. The Morgan fingerprint density at radius 1 is 1.19 bits per heavy atom. The van der Waals surface area contributed by atoms with E-state index in [1.54, 1.807) is 25.3 Å². The van der Waals surface area contributed by atoms with Crippen LogP contribution in [0.25, 0.3) is 10.9 Å². The van der Waals surface area contributed by atoms with Crippen LogP contribution in [0, 0.1) is 0 Å². The lowest BCUT2D eigenvalue weighted by molar-refractivity contribution is 0.0602. The molecule has 1 aromatic heterocycles. The minimum absolute atomic E-state index is 0.409. The van der Waals surface area contributed by atoms with Crippen LogP contribution in [0.1, 0.15) is 15.9 Å². The molecule has 3 N–H and O–H groups in total. The van der Waals surface area contributed by atoms with Crippen LogP contribution in [0.15, 0.2) is 48.7 Å². The maximum absolute atomic E-state index is 11.8. The number of rotatable bonds is 6. The summed E-state index contributed by atoms with van der Waals surface area (Å²) in [6.45, 7) is 0.649. The number of esters is 1. The molecule has 3 aromatic rings. The molecule has 0 bridgehead atoms. The minimum atomic E-state index is -0.409. The highest BCUT2D eigenvalue weighted by molar-refractivity contribution is 7.80. The van der Waals surface area contributed by atoms with E-state index in [2.05, 4.69) is 15.6 Å². The highest BCUT2D eigenvalue weighted by Gasteiger charge is 2.12. The predicted octanol–water partition coefficient (Wildman–Crippen LogP) is 3.49. The molecular weight excluding hydrogens is 362 g/mol. The lowest BCUT2D eigenvalue weighted by atomic mass is 10.1. The van der Waals surface area contributed by atoms with Crippen LogP contribution in [-0.2, 0) is 11.2 Å². The Morgan fingerprint density at radius 2 is 2.00 bits per heavy atom. The van der Waals surface area contributed by atoms with Crippen LogP contribution >= 0.6 is 12.2 Å². The SMILES string of the molecule is COC(=O)c1ccccc1NC(=S)NCCc1c[nH]c2ccc(OC)cc12. The zero-order valence-electron chi connectivity index (χ0n) is 15.2. The average Bonchev–Trinajstić information content (AvgIpc) is 3.10. The topological polar surface area (TPSA) is 75.4 Å². The molecule has 0 spiro atoms. The van der Waals surface area contributed by atoms with Crippen molar-refractivity contribution in [2.24, 2.45) is 0 Å². The van der Waals surface area contributed by atoms with Gasteiger partial charge in [0.1, 0.15) is 5.75 Å². The third kappa shape index (κ3) is 4.38. The number of aromatic amines is 1. The zero-order valence-corrected chi connectivity index (χ0v) is 16.0. The number of hydrogen-bond acceptors (Lipinski definition) is 4. The summed E-state index contributed by atoms with van der Waals surface area (Å²) in [4.78, 5) is 15.1. The van der Waals surface area contributed by atoms with Gasteiger partial charge in [0.15, 0.2) is 5.11 Å². The van der Waals surface area contributed by atoms with Gasteiger partial charge in [-0.15, -0.1) is 0 Å². The van der Waals surface area contributed by atoms with Crippen molar-refractivity contribution >= 4 is 39.9 Å². The molecule has 7 heteroatoms. The Labute approximate surface area is 162 Å². The quantitative estimate of drug-likeness (QED) is 0.447. The van der Waals surface area contributed by atoms with E-state index in [9.17, 15) is 4.79 Å². The van der Waals surface area contributed by atoms with E-state index in [1.807, 2.05) is 30.5 Å². The van der Waals surface area contributed by atoms with Crippen molar-refractivity contribution in [2.75, 3.05) is 26.1 Å². The van der Waals surface area contributed by atoms with E-state index in [4.69, 9.17) is 21.7 Å². The molecule has 0 saturated carbocycles. The number of hydrogen-bond donors (Lipinski definition) is 3. The predicted molar refractivity (Wildman–Crippen MR) is 111 cm³/mol. The van der Waals surface area contributed by atoms with Crippen molar-refractivity contribution in [1.82, 2.24) is 10.3 Å². The molecule has 0 radical (unpaired) electrons. The fraction of sp³-hybridized carbons (Fsp3) is 0.200. The molecule has 0 atom stereocenters. The first-order valence-electron chi connectivity index (χ1n) is 8.48. The molecule has 0 aliphatic rings.